The van der Waals surface area contributed by atoms with Crippen LogP contribution in [0.2, 0.25) is 0 Å². The molecule has 1 atom stereocenters. The van der Waals surface area contributed by atoms with E-state index in [4.69, 9.17) is 15.2 Å². The van der Waals surface area contributed by atoms with Crippen LogP contribution in [0.15, 0.2) is 41.4 Å². The molecule has 1 fully saturated rings. The predicted octanol–water partition coefficient (Wildman–Crippen LogP) is 2.73. The standard InChI is InChI=1S/C24H25N9O2/c1-23(2,34)13-33-12-14(9-29-33)21-31-22(32-35-21)24(3,15-4-5-15)16-6-7-17(27-10-16)19-11-28-20(26)18(8-25)30-19/h6-7,9-12,15,34H,4-5,13H2,1-3H3,(H2,26,28)/t24-/m1/s1. The first-order valence-corrected chi connectivity index (χ1v) is 11.3. The largest absolute Gasteiger partial charge is 0.389 e. The summed E-state index contributed by atoms with van der Waals surface area (Å²) in [6, 6.07) is 5.76. The van der Waals surface area contributed by atoms with E-state index in [1.807, 2.05) is 18.2 Å². The molecule has 0 unspecified atom stereocenters. The van der Waals surface area contributed by atoms with Crippen molar-refractivity contribution in [2.24, 2.45) is 5.92 Å². The third-order valence-corrected chi connectivity index (χ3v) is 6.25. The van der Waals surface area contributed by atoms with Gasteiger partial charge in [-0.25, -0.2) is 9.97 Å². The molecule has 0 spiro atoms. The van der Waals surface area contributed by atoms with Crippen molar-refractivity contribution in [2.75, 3.05) is 5.73 Å². The smallest absolute Gasteiger partial charge is 0.261 e. The highest BCUT2D eigenvalue weighted by Gasteiger charge is 2.47. The predicted molar refractivity (Wildman–Crippen MR) is 125 cm³/mol. The molecule has 4 aromatic rings. The number of hydrogen-bond donors (Lipinski definition) is 2. The Morgan fingerprint density at radius 2 is 1.94 bits per heavy atom. The first-order chi connectivity index (χ1) is 16.7. The van der Waals surface area contributed by atoms with E-state index in [-0.39, 0.29) is 11.5 Å². The second kappa shape index (κ2) is 8.25. The number of aliphatic hydroxyl groups is 1. The maximum atomic E-state index is 10.0. The zero-order valence-electron chi connectivity index (χ0n) is 19.7. The van der Waals surface area contributed by atoms with E-state index in [0.717, 1.165) is 18.4 Å². The minimum atomic E-state index is -0.888. The number of aromatic nitrogens is 7. The van der Waals surface area contributed by atoms with Crippen molar-refractivity contribution in [3.05, 3.63) is 54.0 Å². The van der Waals surface area contributed by atoms with Crippen LogP contribution in [0, 0.1) is 17.2 Å². The number of nitrogens with two attached hydrogens (primary N) is 1. The van der Waals surface area contributed by atoms with E-state index >= 15 is 0 Å². The number of nitriles is 1. The molecular weight excluding hydrogens is 446 g/mol. The van der Waals surface area contributed by atoms with Crippen LogP contribution >= 0.6 is 0 Å². The Balaban J connectivity index is 1.44. The van der Waals surface area contributed by atoms with Gasteiger partial charge >= 0.3 is 0 Å². The van der Waals surface area contributed by atoms with Gasteiger partial charge in [0, 0.05) is 12.4 Å². The normalized spacial score (nSPS) is 15.5. The molecule has 4 aromatic heterocycles. The number of rotatable bonds is 7. The fraction of sp³-hybridized carbons (Fsp3) is 0.375. The highest BCUT2D eigenvalue weighted by molar-refractivity contribution is 5.57. The van der Waals surface area contributed by atoms with Crippen molar-refractivity contribution in [3.63, 3.8) is 0 Å². The van der Waals surface area contributed by atoms with Gasteiger partial charge in [0.05, 0.1) is 41.2 Å². The molecule has 5 rings (SSSR count). The van der Waals surface area contributed by atoms with Gasteiger partial charge in [0.2, 0.25) is 0 Å². The molecule has 0 radical (unpaired) electrons. The molecule has 4 heterocycles. The van der Waals surface area contributed by atoms with Crippen molar-refractivity contribution in [2.45, 2.75) is 51.2 Å². The molecule has 1 saturated carbocycles. The van der Waals surface area contributed by atoms with Gasteiger partial charge in [-0.3, -0.25) is 9.67 Å². The van der Waals surface area contributed by atoms with Crippen LogP contribution in [0.25, 0.3) is 22.8 Å². The summed E-state index contributed by atoms with van der Waals surface area (Å²) >= 11 is 0. The highest BCUT2D eigenvalue weighted by atomic mass is 16.5. The first-order valence-electron chi connectivity index (χ1n) is 11.3. The van der Waals surface area contributed by atoms with E-state index in [1.165, 1.54) is 6.20 Å². The summed E-state index contributed by atoms with van der Waals surface area (Å²) in [5.41, 5.74) is 7.08. The van der Waals surface area contributed by atoms with Crippen LogP contribution < -0.4 is 5.73 Å². The van der Waals surface area contributed by atoms with Gasteiger partial charge in [-0.1, -0.05) is 11.2 Å². The molecule has 3 N–H and O–H groups in total. The van der Waals surface area contributed by atoms with Gasteiger partial charge in [0.1, 0.15) is 11.8 Å². The van der Waals surface area contributed by atoms with Crippen LogP contribution in [0.1, 0.15) is 50.7 Å². The van der Waals surface area contributed by atoms with E-state index in [1.54, 1.807) is 37.1 Å². The van der Waals surface area contributed by atoms with Gasteiger partial charge in [-0.05, 0) is 51.2 Å². The van der Waals surface area contributed by atoms with Gasteiger partial charge < -0.3 is 15.4 Å². The summed E-state index contributed by atoms with van der Waals surface area (Å²) in [5.74, 6) is 1.41. The average molecular weight is 472 g/mol. The lowest BCUT2D eigenvalue weighted by Crippen LogP contribution is -2.28. The lowest BCUT2D eigenvalue weighted by molar-refractivity contribution is 0.0577. The third-order valence-electron chi connectivity index (χ3n) is 6.25. The van der Waals surface area contributed by atoms with E-state index in [0.29, 0.717) is 41.1 Å². The summed E-state index contributed by atoms with van der Waals surface area (Å²) in [4.78, 5) is 17.6. The van der Waals surface area contributed by atoms with Crippen molar-refractivity contribution < 1.29 is 9.63 Å². The van der Waals surface area contributed by atoms with Crippen molar-refractivity contribution >= 4 is 5.82 Å². The topological polar surface area (TPSA) is 165 Å². The van der Waals surface area contributed by atoms with Gasteiger partial charge in [0.25, 0.3) is 5.89 Å². The summed E-state index contributed by atoms with van der Waals surface area (Å²) < 4.78 is 7.26. The lowest BCUT2D eigenvalue weighted by Gasteiger charge is -2.26. The van der Waals surface area contributed by atoms with Crippen molar-refractivity contribution in [1.82, 2.24) is 34.9 Å². The number of hydrogen-bond acceptors (Lipinski definition) is 10. The molecule has 1 aliphatic rings. The van der Waals surface area contributed by atoms with Gasteiger partial charge in [-0.2, -0.15) is 15.3 Å². The Morgan fingerprint density at radius 1 is 1.14 bits per heavy atom. The SMILES string of the molecule is CC(C)(O)Cn1cc(-c2nc([C@@](C)(c3ccc(-c4cnc(N)c(C#N)n4)nc3)C3CC3)no2)cn1. The van der Waals surface area contributed by atoms with Crippen LogP contribution in [0.3, 0.4) is 0 Å². The Hall–Kier alpha value is -4.17. The Labute approximate surface area is 201 Å². The number of nitrogens with zero attached hydrogens (tertiary/aromatic N) is 8. The van der Waals surface area contributed by atoms with E-state index < -0.39 is 11.0 Å². The minimum Gasteiger partial charge on any atom is -0.389 e. The van der Waals surface area contributed by atoms with Crippen LogP contribution in [0.4, 0.5) is 5.82 Å². The Kier molecular flexibility index (Phi) is 5.33. The number of nitrogen functional groups attached to an aromatic ring is 1. The summed E-state index contributed by atoms with van der Waals surface area (Å²) in [6.45, 7) is 5.90. The van der Waals surface area contributed by atoms with Crippen molar-refractivity contribution in [1.29, 1.82) is 5.26 Å². The average Bonchev–Trinajstić information content (AvgIpc) is 3.39. The number of pyridine rings is 1. The fourth-order valence-electron chi connectivity index (χ4n) is 4.17. The van der Waals surface area contributed by atoms with Crippen LogP contribution in [0.5, 0.6) is 0 Å². The van der Waals surface area contributed by atoms with E-state index in [2.05, 4.69) is 32.1 Å². The van der Waals surface area contributed by atoms with E-state index in [9.17, 15) is 10.4 Å². The summed E-state index contributed by atoms with van der Waals surface area (Å²) in [7, 11) is 0. The molecule has 0 saturated heterocycles. The fourth-order valence-corrected chi connectivity index (χ4v) is 4.17. The Bertz CT molecular complexity index is 1410. The quantitative estimate of drug-likeness (QED) is 0.409. The molecule has 0 amide bonds. The van der Waals surface area contributed by atoms with Crippen molar-refractivity contribution in [3.8, 4) is 28.9 Å². The summed E-state index contributed by atoms with van der Waals surface area (Å²) in [6.07, 6.45) is 8.83. The summed E-state index contributed by atoms with van der Waals surface area (Å²) in [5, 5.41) is 27.8. The maximum absolute atomic E-state index is 10.0. The Morgan fingerprint density at radius 3 is 2.60 bits per heavy atom. The molecule has 0 aliphatic heterocycles. The van der Waals surface area contributed by atoms with Gasteiger partial charge in [0.15, 0.2) is 17.3 Å². The minimum absolute atomic E-state index is 0.0707. The third kappa shape index (κ3) is 4.36. The molecule has 0 aromatic carbocycles. The molecule has 1 aliphatic carbocycles. The second-order valence-corrected chi connectivity index (χ2v) is 9.67. The lowest BCUT2D eigenvalue weighted by atomic mass is 9.77. The molecule has 0 bridgehead atoms. The first kappa shape index (κ1) is 22.6. The molecule has 11 nitrogen and oxygen atoms in total. The van der Waals surface area contributed by atoms with Gasteiger partial charge in [-0.15, -0.1) is 0 Å². The highest BCUT2D eigenvalue weighted by Crippen LogP contribution is 2.50. The second-order valence-electron chi connectivity index (χ2n) is 9.67. The number of anilines is 1. The molecule has 35 heavy (non-hydrogen) atoms. The molecular formula is C24H25N9O2. The van der Waals surface area contributed by atoms with Crippen LogP contribution in [-0.4, -0.2) is 45.6 Å². The van der Waals surface area contributed by atoms with Crippen LogP contribution in [-0.2, 0) is 12.0 Å². The zero-order chi connectivity index (χ0) is 24.8. The monoisotopic (exact) mass is 471 g/mol. The zero-order valence-corrected chi connectivity index (χ0v) is 19.7. The molecule has 178 valence electrons. The maximum Gasteiger partial charge on any atom is 0.261 e. The molecule has 11 heteroatoms.